The third-order valence-electron chi connectivity index (χ3n) is 4.88. The molecule has 1 N–H and O–H groups in total. The monoisotopic (exact) mass is 419 g/mol. The Bertz CT molecular complexity index is 1120. The zero-order chi connectivity index (χ0) is 22.6. The Balaban J connectivity index is 1.60. The van der Waals surface area contributed by atoms with Gasteiger partial charge in [0.2, 0.25) is 5.91 Å². The Morgan fingerprint density at radius 3 is 2.48 bits per heavy atom. The van der Waals surface area contributed by atoms with Gasteiger partial charge in [0.05, 0.1) is 17.6 Å². The van der Waals surface area contributed by atoms with Crippen LogP contribution >= 0.6 is 0 Å². The van der Waals surface area contributed by atoms with Crippen LogP contribution in [-0.2, 0) is 16.6 Å². The van der Waals surface area contributed by atoms with Crippen molar-refractivity contribution >= 4 is 17.8 Å². The van der Waals surface area contributed by atoms with Gasteiger partial charge in [-0.1, -0.05) is 57.2 Å². The van der Waals surface area contributed by atoms with Crippen LogP contribution in [0.5, 0.6) is 0 Å². The molecule has 0 fully saturated rings. The molecule has 0 saturated carbocycles. The first-order valence-electron chi connectivity index (χ1n) is 9.90. The van der Waals surface area contributed by atoms with Crippen LogP contribution in [0, 0.1) is 17.0 Å². The lowest BCUT2D eigenvalue weighted by Crippen LogP contribution is -2.20. The quantitative estimate of drug-likeness (QED) is 0.339. The molecule has 1 heterocycles. The van der Waals surface area contributed by atoms with E-state index in [2.05, 4.69) is 31.3 Å². The number of nitrogens with zero attached hydrogens (tertiary/aromatic N) is 2. The highest BCUT2D eigenvalue weighted by molar-refractivity contribution is 5.82. The van der Waals surface area contributed by atoms with Crippen LogP contribution < -0.4 is 5.43 Å². The molecular weight excluding hydrogens is 394 g/mol. The highest BCUT2D eigenvalue weighted by Crippen LogP contribution is 2.28. The molecule has 0 spiro atoms. The molecule has 2 aromatic carbocycles. The normalized spacial score (nSPS) is 11.6. The lowest BCUT2D eigenvalue weighted by Gasteiger charge is -2.19. The average Bonchev–Trinajstić information content (AvgIpc) is 3.16. The zero-order valence-electron chi connectivity index (χ0n) is 18.0. The van der Waals surface area contributed by atoms with Crippen molar-refractivity contribution in [1.82, 2.24) is 5.43 Å². The first-order chi connectivity index (χ1) is 14.6. The summed E-state index contributed by atoms with van der Waals surface area (Å²) in [5.41, 5.74) is 5.88. The molecule has 0 aliphatic carbocycles. The third-order valence-corrected chi connectivity index (χ3v) is 4.88. The van der Waals surface area contributed by atoms with Crippen LogP contribution in [0.1, 0.15) is 43.2 Å². The van der Waals surface area contributed by atoms with Crippen molar-refractivity contribution < 1.29 is 14.1 Å². The molecule has 0 unspecified atom stereocenters. The average molecular weight is 419 g/mol. The summed E-state index contributed by atoms with van der Waals surface area (Å²) in [5, 5.41) is 15.1. The van der Waals surface area contributed by atoms with E-state index in [1.807, 2.05) is 24.3 Å². The topological polar surface area (TPSA) is 97.7 Å². The number of aryl methyl sites for hydroxylation is 1. The number of nitrogens with one attached hydrogen (secondary N) is 1. The predicted octanol–water partition coefficient (Wildman–Crippen LogP) is 5.15. The number of rotatable bonds is 6. The van der Waals surface area contributed by atoms with Crippen LogP contribution in [0.2, 0.25) is 0 Å². The van der Waals surface area contributed by atoms with Crippen molar-refractivity contribution in [2.24, 2.45) is 5.10 Å². The number of furan rings is 1. The number of nitro benzene ring substituents is 1. The summed E-state index contributed by atoms with van der Waals surface area (Å²) in [5.74, 6) is 0.670. The number of amides is 1. The van der Waals surface area contributed by atoms with Crippen molar-refractivity contribution in [3.05, 3.63) is 87.2 Å². The van der Waals surface area contributed by atoms with E-state index in [0.29, 0.717) is 22.6 Å². The highest BCUT2D eigenvalue weighted by atomic mass is 16.6. The van der Waals surface area contributed by atoms with E-state index in [1.54, 1.807) is 31.2 Å². The Morgan fingerprint density at radius 1 is 1.13 bits per heavy atom. The molecular formula is C24H25N3O4. The Morgan fingerprint density at radius 2 is 1.84 bits per heavy atom. The number of carbonyl (C=O) groups excluding carboxylic acids is 1. The Kier molecular flexibility index (Phi) is 6.34. The van der Waals surface area contributed by atoms with Gasteiger partial charge in [-0.15, -0.1) is 0 Å². The second-order valence-electron chi connectivity index (χ2n) is 8.38. The minimum absolute atomic E-state index is 0.0342. The first kappa shape index (κ1) is 22.0. The molecule has 0 aliphatic rings. The van der Waals surface area contributed by atoms with Crippen LogP contribution in [0.15, 0.2) is 64.1 Å². The van der Waals surface area contributed by atoms with Gasteiger partial charge in [-0.2, -0.15) is 5.10 Å². The number of hydrogen-bond acceptors (Lipinski definition) is 5. The van der Waals surface area contributed by atoms with Crippen molar-refractivity contribution in [2.75, 3.05) is 0 Å². The molecule has 1 amide bonds. The second kappa shape index (κ2) is 8.95. The molecule has 0 bridgehead atoms. The molecule has 160 valence electrons. The molecule has 3 rings (SSSR count). The predicted molar refractivity (Wildman–Crippen MR) is 120 cm³/mol. The molecule has 0 saturated heterocycles. The summed E-state index contributed by atoms with van der Waals surface area (Å²) >= 11 is 0. The maximum absolute atomic E-state index is 12.1. The van der Waals surface area contributed by atoms with Gasteiger partial charge < -0.3 is 4.42 Å². The van der Waals surface area contributed by atoms with Crippen LogP contribution in [0.3, 0.4) is 0 Å². The fourth-order valence-electron chi connectivity index (χ4n) is 3.05. The summed E-state index contributed by atoms with van der Waals surface area (Å²) in [6, 6.07) is 16.3. The minimum atomic E-state index is -0.420. The number of carbonyl (C=O) groups is 1. The zero-order valence-corrected chi connectivity index (χ0v) is 18.0. The van der Waals surface area contributed by atoms with E-state index in [1.165, 1.54) is 17.8 Å². The second-order valence-corrected chi connectivity index (χ2v) is 8.38. The van der Waals surface area contributed by atoms with Gasteiger partial charge in [-0.05, 0) is 35.6 Å². The molecule has 1 aromatic heterocycles. The van der Waals surface area contributed by atoms with E-state index in [0.717, 1.165) is 5.56 Å². The summed E-state index contributed by atoms with van der Waals surface area (Å²) in [6.45, 7) is 8.11. The van der Waals surface area contributed by atoms with Gasteiger partial charge in [-0.25, -0.2) is 5.43 Å². The SMILES string of the molecule is Cc1ccc(-c2ccc(/C=N\NC(=O)Cc3ccc(C(C)(C)C)cc3)o2)cc1[N+](=O)[O-]. The molecule has 3 aromatic rings. The summed E-state index contributed by atoms with van der Waals surface area (Å²) < 4.78 is 5.67. The molecule has 31 heavy (non-hydrogen) atoms. The largest absolute Gasteiger partial charge is 0.455 e. The maximum atomic E-state index is 12.1. The van der Waals surface area contributed by atoms with Crippen molar-refractivity contribution in [2.45, 2.75) is 39.5 Å². The molecule has 0 radical (unpaired) electrons. The summed E-state index contributed by atoms with van der Waals surface area (Å²) in [6.07, 6.45) is 1.62. The van der Waals surface area contributed by atoms with Crippen LogP contribution in [0.25, 0.3) is 11.3 Å². The van der Waals surface area contributed by atoms with Crippen LogP contribution in [-0.4, -0.2) is 17.0 Å². The van der Waals surface area contributed by atoms with E-state index in [9.17, 15) is 14.9 Å². The lowest BCUT2D eigenvalue weighted by atomic mass is 9.86. The molecule has 7 nitrogen and oxygen atoms in total. The van der Waals surface area contributed by atoms with Gasteiger partial charge in [-0.3, -0.25) is 14.9 Å². The third kappa shape index (κ3) is 5.66. The fraction of sp³-hybridized carbons (Fsp3) is 0.250. The first-order valence-corrected chi connectivity index (χ1v) is 9.90. The van der Waals surface area contributed by atoms with Gasteiger partial charge in [0.15, 0.2) is 0 Å². The lowest BCUT2D eigenvalue weighted by molar-refractivity contribution is -0.385. The number of hydrogen-bond donors (Lipinski definition) is 1. The molecule has 7 heteroatoms. The van der Waals surface area contributed by atoms with Crippen LogP contribution in [0.4, 0.5) is 5.69 Å². The smallest absolute Gasteiger partial charge is 0.273 e. The Hall–Kier alpha value is -3.74. The summed E-state index contributed by atoms with van der Waals surface area (Å²) in [7, 11) is 0. The van der Waals surface area contributed by atoms with Gasteiger partial charge in [0.1, 0.15) is 11.5 Å². The van der Waals surface area contributed by atoms with Gasteiger partial charge >= 0.3 is 0 Å². The number of hydrazone groups is 1. The minimum Gasteiger partial charge on any atom is -0.455 e. The highest BCUT2D eigenvalue weighted by Gasteiger charge is 2.14. The van der Waals surface area contributed by atoms with E-state index < -0.39 is 4.92 Å². The van der Waals surface area contributed by atoms with Crippen molar-refractivity contribution in [1.29, 1.82) is 0 Å². The van der Waals surface area contributed by atoms with Gasteiger partial charge in [0.25, 0.3) is 5.69 Å². The fourth-order valence-corrected chi connectivity index (χ4v) is 3.05. The van der Waals surface area contributed by atoms with Gasteiger partial charge in [0, 0.05) is 17.2 Å². The maximum Gasteiger partial charge on any atom is 0.273 e. The molecule has 0 aliphatic heterocycles. The van der Waals surface area contributed by atoms with E-state index >= 15 is 0 Å². The summed E-state index contributed by atoms with van der Waals surface area (Å²) in [4.78, 5) is 22.8. The van der Waals surface area contributed by atoms with Crippen molar-refractivity contribution in [3.63, 3.8) is 0 Å². The molecule has 0 atom stereocenters. The number of benzene rings is 2. The van der Waals surface area contributed by atoms with Crippen molar-refractivity contribution in [3.8, 4) is 11.3 Å². The number of nitro groups is 1. The van der Waals surface area contributed by atoms with E-state index in [4.69, 9.17) is 4.42 Å². The Labute approximate surface area is 180 Å². The van der Waals surface area contributed by atoms with E-state index in [-0.39, 0.29) is 23.4 Å². The standard InChI is InChI=1S/C24H25N3O4/c1-16-5-8-18(14-21(16)27(29)30)22-12-11-20(31-22)15-25-26-23(28)13-17-6-9-19(10-7-17)24(2,3)4/h5-12,14-15H,13H2,1-4H3,(H,26,28)/b25-15-.